The first-order valence-electron chi connectivity index (χ1n) is 5.78. The summed E-state index contributed by atoms with van der Waals surface area (Å²) >= 11 is 6.02. The summed E-state index contributed by atoms with van der Waals surface area (Å²) in [6.07, 6.45) is 0.562. The molecular formula is C13H13ClO4. The Bertz CT molecular complexity index is 510. The number of aliphatic carboxylic acids is 1. The summed E-state index contributed by atoms with van der Waals surface area (Å²) in [5, 5.41) is 9.21. The molecule has 0 amide bonds. The van der Waals surface area contributed by atoms with Gasteiger partial charge in [-0.1, -0.05) is 18.5 Å². The van der Waals surface area contributed by atoms with Crippen molar-refractivity contribution in [2.24, 2.45) is 0 Å². The van der Waals surface area contributed by atoms with Crippen molar-refractivity contribution in [2.45, 2.75) is 32.3 Å². The molecule has 18 heavy (non-hydrogen) atoms. The van der Waals surface area contributed by atoms with E-state index in [4.69, 9.17) is 21.4 Å². The number of Topliss-reactive ketones (excluding diaryl/α,β-unsaturated/α-hetero) is 1. The number of carbonyl (C=O) groups excluding carboxylic acids is 1. The Labute approximate surface area is 110 Å². The summed E-state index contributed by atoms with van der Waals surface area (Å²) < 4.78 is 5.25. The fourth-order valence-corrected chi connectivity index (χ4v) is 2.27. The minimum atomic E-state index is -1.02. The summed E-state index contributed by atoms with van der Waals surface area (Å²) in [6, 6.07) is 3.23. The van der Waals surface area contributed by atoms with Gasteiger partial charge in [-0.3, -0.25) is 4.79 Å². The van der Waals surface area contributed by atoms with E-state index in [-0.39, 0.29) is 12.2 Å². The van der Waals surface area contributed by atoms with Gasteiger partial charge in [0.05, 0.1) is 5.02 Å². The van der Waals surface area contributed by atoms with Crippen LogP contribution in [0.2, 0.25) is 5.02 Å². The number of carboxylic acids is 1. The molecule has 96 valence electrons. The van der Waals surface area contributed by atoms with Crippen LogP contribution in [-0.2, 0) is 11.2 Å². The highest BCUT2D eigenvalue weighted by molar-refractivity contribution is 6.32. The largest absolute Gasteiger partial charge is 0.478 e. The van der Waals surface area contributed by atoms with E-state index < -0.39 is 12.1 Å². The molecule has 0 fully saturated rings. The number of hydrogen-bond acceptors (Lipinski definition) is 3. The first-order valence-corrected chi connectivity index (χ1v) is 6.15. The minimum Gasteiger partial charge on any atom is -0.478 e. The Kier molecular flexibility index (Phi) is 3.57. The summed E-state index contributed by atoms with van der Waals surface area (Å²) in [4.78, 5) is 22.7. The third-order valence-corrected chi connectivity index (χ3v) is 3.14. The molecule has 0 bridgehead atoms. The van der Waals surface area contributed by atoms with Gasteiger partial charge in [-0.25, -0.2) is 4.79 Å². The second kappa shape index (κ2) is 4.98. The van der Waals surface area contributed by atoms with Gasteiger partial charge in [0.2, 0.25) is 0 Å². The first kappa shape index (κ1) is 12.9. The molecular weight excluding hydrogens is 256 g/mol. The number of hydrogen-bond donors (Lipinski definition) is 1. The van der Waals surface area contributed by atoms with Crippen LogP contribution in [0, 0.1) is 0 Å². The minimum absolute atomic E-state index is 0.0148. The van der Waals surface area contributed by atoms with Gasteiger partial charge in [0.25, 0.3) is 0 Å². The van der Waals surface area contributed by atoms with Crippen LogP contribution in [0.25, 0.3) is 0 Å². The van der Waals surface area contributed by atoms with E-state index in [1.54, 1.807) is 12.1 Å². The van der Waals surface area contributed by atoms with E-state index >= 15 is 0 Å². The van der Waals surface area contributed by atoms with Crippen molar-refractivity contribution in [2.75, 3.05) is 0 Å². The third kappa shape index (κ3) is 2.34. The molecule has 1 atom stereocenters. The molecule has 5 heteroatoms. The number of halogens is 1. The van der Waals surface area contributed by atoms with Crippen molar-refractivity contribution in [3.05, 3.63) is 28.3 Å². The standard InChI is InChI=1S/C13H13ClO4/c1-2-3-10(15)7-4-8-6-11(13(16)17)18-12(8)9(14)5-7/h4-5,11H,2-3,6H2,1H3,(H,16,17). The molecule has 0 spiro atoms. The highest BCUT2D eigenvalue weighted by atomic mass is 35.5. The van der Waals surface area contributed by atoms with Crippen LogP contribution in [0.1, 0.15) is 35.7 Å². The monoisotopic (exact) mass is 268 g/mol. The quantitative estimate of drug-likeness (QED) is 0.853. The number of ketones is 1. The average molecular weight is 269 g/mol. The van der Waals surface area contributed by atoms with Gasteiger partial charge in [0.1, 0.15) is 5.75 Å². The summed E-state index contributed by atoms with van der Waals surface area (Å²) in [5.41, 5.74) is 1.21. The van der Waals surface area contributed by atoms with Crippen molar-refractivity contribution in [1.82, 2.24) is 0 Å². The van der Waals surface area contributed by atoms with E-state index in [9.17, 15) is 9.59 Å². The second-order valence-electron chi connectivity index (χ2n) is 4.27. The van der Waals surface area contributed by atoms with Gasteiger partial charge in [-0.2, -0.15) is 0 Å². The maximum atomic E-state index is 11.8. The molecule has 4 nitrogen and oxygen atoms in total. The summed E-state index contributed by atoms with van der Waals surface area (Å²) in [6.45, 7) is 1.93. The molecule has 1 N–H and O–H groups in total. The van der Waals surface area contributed by atoms with Crippen LogP contribution in [0.15, 0.2) is 12.1 Å². The van der Waals surface area contributed by atoms with Crippen LogP contribution < -0.4 is 4.74 Å². The molecule has 0 saturated heterocycles. The van der Waals surface area contributed by atoms with Crippen molar-refractivity contribution >= 4 is 23.4 Å². The molecule has 1 unspecified atom stereocenters. The van der Waals surface area contributed by atoms with Gasteiger partial charge < -0.3 is 9.84 Å². The van der Waals surface area contributed by atoms with Crippen LogP contribution in [0.5, 0.6) is 5.75 Å². The van der Waals surface area contributed by atoms with Gasteiger partial charge in [0, 0.05) is 24.0 Å². The predicted octanol–water partition coefficient (Wildman–Crippen LogP) is 2.71. The molecule has 0 aromatic heterocycles. The Hall–Kier alpha value is -1.55. The zero-order chi connectivity index (χ0) is 13.3. The number of ether oxygens (including phenoxy) is 1. The maximum absolute atomic E-state index is 11.8. The number of carboxylic acid groups (broad SMARTS) is 1. The Balaban J connectivity index is 2.32. The number of benzene rings is 1. The van der Waals surface area contributed by atoms with E-state index in [2.05, 4.69) is 0 Å². The highest BCUT2D eigenvalue weighted by Crippen LogP contribution is 2.37. The lowest BCUT2D eigenvalue weighted by Gasteiger charge is -2.06. The Morgan fingerprint density at radius 2 is 2.22 bits per heavy atom. The zero-order valence-corrected chi connectivity index (χ0v) is 10.7. The lowest BCUT2D eigenvalue weighted by Crippen LogP contribution is -2.24. The highest BCUT2D eigenvalue weighted by Gasteiger charge is 2.31. The van der Waals surface area contributed by atoms with Crippen molar-refractivity contribution in [1.29, 1.82) is 0 Å². The van der Waals surface area contributed by atoms with E-state index in [1.807, 2.05) is 6.92 Å². The van der Waals surface area contributed by atoms with Crippen LogP contribution in [0.3, 0.4) is 0 Å². The average Bonchev–Trinajstić information content (AvgIpc) is 2.73. The molecule has 1 aromatic carbocycles. The lowest BCUT2D eigenvalue weighted by atomic mass is 10.0. The molecule has 1 aliphatic rings. The Morgan fingerprint density at radius 1 is 1.50 bits per heavy atom. The smallest absolute Gasteiger partial charge is 0.345 e. The van der Waals surface area contributed by atoms with E-state index in [0.29, 0.717) is 28.3 Å². The summed E-state index contributed by atoms with van der Waals surface area (Å²) in [5.74, 6) is -0.623. The van der Waals surface area contributed by atoms with Crippen LogP contribution in [0.4, 0.5) is 0 Å². The van der Waals surface area contributed by atoms with Gasteiger partial charge >= 0.3 is 5.97 Å². The fraction of sp³-hybridized carbons (Fsp3) is 0.385. The first-order chi connectivity index (χ1) is 8.52. The topological polar surface area (TPSA) is 63.6 Å². The second-order valence-corrected chi connectivity index (χ2v) is 4.68. The van der Waals surface area contributed by atoms with Crippen molar-refractivity contribution in [3.63, 3.8) is 0 Å². The summed E-state index contributed by atoms with van der Waals surface area (Å²) in [7, 11) is 0. The Morgan fingerprint density at radius 3 is 2.83 bits per heavy atom. The molecule has 0 radical (unpaired) electrons. The number of rotatable bonds is 4. The number of fused-ring (bicyclic) bond motifs is 1. The molecule has 0 saturated carbocycles. The lowest BCUT2D eigenvalue weighted by molar-refractivity contribution is -0.144. The molecule has 1 aromatic rings. The van der Waals surface area contributed by atoms with Crippen LogP contribution in [-0.4, -0.2) is 23.0 Å². The predicted molar refractivity (Wildman–Crippen MR) is 66.4 cm³/mol. The molecule has 1 aliphatic heterocycles. The van der Waals surface area contributed by atoms with Crippen LogP contribution >= 0.6 is 11.6 Å². The maximum Gasteiger partial charge on any atom is 0.345 e. The molecule has 2 rings (SSSR count). The zero-order valence-electron chi connectivity index (χ0n) is 9.90. The van der Waals surface area contributed by atoms with Crippen molar-refractivity contribution < 1.29 is 19.4 Å². The van der Waals surface area contributed by atoms with Gasteiger partial charge in [-0.15, -0.1) is 0 Å². The molecule has 1 heterocycles. The van der Waals surface area contributed by atoms with Crippen molar-refractivity contribution in [3.8, 4) is 5.75 Å². The SMILES string of the molecule is CCCC(=O)c1cc(Cl)c2c(c1)CC(C(=O)O)O2. The van der Waals surface area contributed by atoms with Gasteiger partial charge in [-0.05, 0) is 18.6 Å². The number of carbonyl (C=O) groups is 2. The van der Waals surface area contributed by atoms with E-state index in [0.717, 1.165) is 6.42 Å². The molecule has 0 aliphatic carbocycles. The van der Waals surface area contributed by atoms with Gasteiger partial charge in [0.15, 0.2) is 11.9 Å². The normalized spacial score (nSPS) is 17.1. The fourth-order valence-electron chi connectivity index (χ4n) is 1.99. The third-order valence-electron chi connectivity index (χ3n) is 2.86. The van der Waals surface area contributed by atoms with E-state index in [1.165, 1.54) is 0 Å².